The number of carbonyl (C=O) groups is 1. The van der Waals surface area contributed by atoms with Crippen LogP contribution >= 0.6 is 0 Å². The quantitative estimate of drug-likeness (QED) is 0.845. The Balaban J connectivity index is 2.75. The molecule has 1 N–H and O–H groups in total. The number of rotatable bonds is 5. The molecule has 20 heavy (non-hydrogen) atoms. The van der Waals surface area contributed by atoms with Crippen molar-refractivity contribution < 1.29 is 13.9 Å². The van der Waals surface area contributed by atoms with Crippen molar-refractivity contribution in [3.8, 4) is 0 Å². The summed E-state index contributed by atoms with van der Waals surface area (Å²) in [5, 5.41) is 2.89. The van der Waals surface area contributed by atoms with Crippen molar-refractivity contribution in [1.29, 1.82) is 0 Å². The monoisotopic (exact) mass is 281 g/mol. The van der Waals surface area contributed by atoms with E-state index in [0.29, 0.717) is 5.92 Å². The molecule has 1 rings (SSSR count). The lowest BCUT2D eigenvalue weighted by molar-refractivity contribution is 0.0494. The summed E-state index contributed by atoms with van der Waals surface area (Å²) in [6.07, 6.45) is 1.38. The Hall–Kier alpha value is -1.45. The van der Waals surface area contributed by atoms with E-state index in [1.165, 1.54) is 0 Å². The first kappa shape index (κ1) is 16.6. The van der Waals surface area contributed by atoms with Gasteiger partial charge in [0.2, 0.25) is 0 Å². The number of alkyl carbamates (subject to hydrolysis) is 1. The number of carbonyl (C=O) groups excluding carboxylic acids is 1. The molecule has 0 aliphatic rings. The van der Waals surface area contributed by atoms with Crippen molar-refractivity contribution in [2.45, 2.75) is 71.9 Å². The molecule has 0 aliphatic heterocycles. The highest BCUT2D eigenvalue weighted by atomic mass is 16.6. The highest BCUT2D eigenvalue weighted by Gasteiger charge is 2.22. The lowest BCUT2D eigenvalue weighted by Gasteiger charge is -2.22. The standard InChI is InChI=1S/C16H27NO3/c1-7-8-12(17-15(18)20-16(4,5)6)14-10-9-13(19-14)11(2)3/h9-12H,7-8H2,1-6H3,(H,17,18). The van der Waals surface area contributed by atoms with Crippen LogP contribution in [-0.4, -0.2) is 11.7 Å². The molecule has 0 fully saturated rings. The molecule has 0 spiro atoms. The summed E-state index contributed by atoms with van der Waals surface area (Å²) in [7, 11) is 0. The van der Waals surface area contributed by atoms with Crippen LogP contribution < -0.4 is 5.32 Å². The highest BCUT2D eigenvalue weighted by molar-refractivity contribution is 5.68. The maximum absolute atomic E-state index is 11.9. The van der Waals surface area contributed by atoms with E-state index in [9.17, 15) is 4.79 Å². The van der Waals surface area contributed by atoms with Gasteiger partial charge in [-0.15, -0.1) is 0 Å². The summed E-state index contributed by atoms with van der Waals surface area (Å²) in [5.74, 6) is 2.07. The molecule has 4 heteroatoms. The van der Waals surface area contributed by atoms with Crippen LogP contribution in [0.5, 0.6) is 0 Å². The molecule has 114 valence electrons. The summed E-state index contributed by atoms with van der Waals surface area (Å²) < 4.78 is 11.1. The van der Waals surface area contributed by atoms with Crippen LogP contribution in [-0.2, 0) is 4.74 Å². The molecule has 0 aliphatic carbocycles. The average Bonchev–Trinajstić information content (AvgIpc) is 2.74. The van der Waals surface area contributed by atoms with Gasteiger partial charge in [0.15, 0.2) is 0 Å². The summed E-state index contributed by atoms with van der Waals surface area (Å²) in [6.45, 7) is 11.8. The Bertz CT molecular complexity index is 429. The molecule has 1 unspecified atom stereocenters. The van der Waals surface area contributed by atoms with Crippen LogP contribution in [0, 0.1) is 0 Å². The van der Waals surface area contributed by atoms with Crippen molar-refractivity contribution in [3.63, 3.8) is 0 Å². The molecule has 0 saturated carbocycles. The summed E-state index contributed by atoms with van der Waals surface area (Å²) in [6, 6.07) is 3.77. The van der Waals surface area contributed by atoms with E-state index in [1.807, 2.05) is 32.9 Å². The van der Waals surface area contributed by atoms with Gasteiger partial charge >= 0.3 is 6.09 Å². The minimum atomic E-state index is -0.493. The van der Waals surface area contributed by atoms with E-state index in [0.717, 1.165) is 24.4 Å². The van der Waals surface area contributed by atoms with Crippen LogP contribution in [0.1, 0.15) is 77.9 Å². The van der Waals surface area contributed by atoms with Gasteiger partial charge in [-0.25, -0.2) is 4.79 Å². The fraction of sp³-hybridized carbons (Fsp3) is 0.688. The van der Waals surface area contributed by atoms with Gasteiger partial charge in [-0.2, -0.15) is 0 Å². The first-order valence-electron chi connectivity index (χ1n) is 7.32. The molecule has 1 aromatic rings. The highest BCUT2D eigenvalue weighted by Crippen LogP contribution is 2.25. The maximum Gasteiger partial charge on any atom is 0.408 e. The molecule has 0 saturated heterocycles. The molecule has 1 atom stereocenters. The van der Waals surface area contributed by atoms with Crippen LogP contribution in [0.25, 0.3) is 0 Å². The van der Waals surface area contributed by atoms with Crippen molar-refractivity contribution in [2.24, 2.45) is 0 Å². The van der Waals surface area contributed by atoms with Crippen molar-refractivity contribution in [3.05, 3.63) is 23.7 Å². The first-order chi connectivity index (χ1) is 9.23. The van der Waals surface area contributed by atoms with Gasteiger partial charge in [0.25, 0.3) is 0 Å². The molecule has 1 aromatic heterocycles. The molecule has 1 heterocycles. The fourth-order valence-electron chi connectivity index (χ4n) is 1.89. The van der Waals surface area contributed by atoms with Crippen molar-refractivity contribution in [2.75, 3.05) is 0 Å². The molecule has 4 nitrogen and oxygen atoms in total. The Morgan fingerprint density at radius 3 is 2.35 bits per heavy atom. The molecular formula is C16H27NO3. The Kier molecular flexibility index (Phi) is 5.66. The molecule has 0 bridgehead atoms. The largest absolute Gasteiger partial charge is 0.464 e. The van der Waals surface area contributed by atoms with Gasteiger partial charge in [-0.1, -0.05) is 27.2 Å². The van der Waals surface area contributed by atoms with Crippen LogP contribution in [0.15, 0.2) is 16.5 Å². The van der Waals surface area contributed by atoms with Crippen LogP contribution in [0.4, 0.5) is 4.79 Å². The van der Waals surface area contributed by atoms with Gasteiger partial charge in [0, 0.05) is 5.92 Å². The zero-order chi connectivity index (χ0) is 15.3. The Morgan fingerprint density at radius 2 is 1.90 bits per heavy atom. The lowest BCUT2D eigenvalue weighted by atomic mass is 10.1. The third-order valence-corrected chi connectivity index (χ3v) is 2.83. The number of nitrogens with one attached hydrogen (secondary N) is 1. The normalized spacial score (nSPS) is 13.3. The molecule has 0 radical (unpaired) electrons. The Labute approximate surface area is 121 Å². The van der Waals surface area contributed by atoms with Gasteiger partial charge in [0.1, 0.15) is 17.1 Å². The smallest absolute Gasteiger partial charge is 0.408 e. The predicted octanol–water partition coefficient (Wildman–Crippen LogP) is 4.77. The number of hydrogen-bond donors (Lipinski definition) is 1. The van der Waals surface area contributed by atoms with Crippen LogP contribution in [0.3, 0.4) is 0 Å². The van der Waals surface area contributed by atoms with E-state index in [2.05, 4.69) is 26.1 Å². The molecule has 1 amide bonds. The topological polar surface area (TPSA) is 51.5 Å². The SMILES string of the molecule is CCCC(NC(=O)OC(C)(C)C)c1ccc(C(C)C)o1. The van der Waals surface area contributed by atoms with E-state index in [-0.39, 0.29) is 6.04 Å². The average molecular weight is 281 g/mol. The predicted molar refractivity (Wildman–Crippen MR) is 79.8 cm³/mol. The Morgan fingerprint density at radius 1 is 1.30 bits per heavy atom. The molecule has 0 aromatic carbocycles. The number of furan rings is 1. The third kappa shape index (κ3) is 5.27. The number of amides is 1. The minimum Gasteiger partial charge on any atom is -0.464 e. The van der Waals surface area contributed by atoms with E-state index < -0.39 is 11.7 Å². The van der Waals surface area contributed by atoms with E-state index in [1.54, 1.807) is 0 Å². The van der Waals surface area contributed by atoms with Gasteiger partial charge in [-0.3, -0.25) is 0 Å². The van der Waals surface area contributed by atoms with Crippen molar-refractivity contribution in [1.82, 2.24) is 5.32 Å². The van der Waals surface area contributed by atoms with Gasteiger partial charge < -0.3 is 14.5 Å². The fourth-order valence-corrected chi connectivity index (χ4v) is 1.89. The van der Waals surface area contributed by atoms with Gasteiger partial charge in [0.05, 0.1) is 6.04 Å². The van der Waals surface area contributed by atoms with Crippen LogP contribution in [0.2, 0.25) is 0 Å². The number of hydrogen-bond acceptors (Lipinski definition) is 3. The summed E-state index contributed by atoms with van der Waals surface area (Å²) >= 11 is 0. The van der Waals surface area contributed by atoms with Gasteiger partial charge in [-0.05, 0) is 39.3 Å². The zero-order valence-corrected chi connectivity index (χ0v) is 13.4. The van der Waals surface area contributed by atoms with E-state index in [4.69, 9.17) is 9.15 Å². The lowest BCUT2D eigenvalue weighted by Crippen LogP contribution is -2.34. The molecular weight excluding hydrogens is 254 g/mol. The second-order valence-corrected chi connectivity index (χ2v) is 6.38. The zero-order valence-electron chi connectivity index (χ0n) is 13.4. The van der Waals surface area contributed by atoms with Crippen molar-refractivity contribution >= 4 is 6.09 Å². The first-order valence-corrected chi connectivity index (χ1v) is 7.32. The maximum atomic E-state index is 11.9. The van der Waals surface area contributed by atoms with E-state index >= 15 is 0 Å². The third-order valence-electron chi connectivity index (χ3n) is 2.83. The summed E-state index contributed by atoms with van der Waals surface area (Å²) in [5.41, 5.74) is -0.493. The second kappa shape index (κ2) is 6.82. The minimum absolute atomic E-state index is 0.137. The number of ether oxygens (including phenoxy) is 1. The second-order valence-electron chi connectivity index (χ2n) is 6.38. The summed E-state index contributed by atoms with van der Waals surface area (Å²) in [4.78, 5) is 11.9.